The van der Waals surface area contributed by atoms with E-state index in [4.69, 9.17) is 5.10 Å². The van der Waals surface area contributed by atoms with E-state index in [1.165, 1.54) is 38.5 Å². The smallest absolute Gasteiger partial charge is 0.242 e. The molecule has 0 spiro atoms. The highest BCUT2D eigenvalue weighted by Gasteiger charge is 2.31. The molecule has 1 amide bonds. The predicted molar refractivity (Wildman–Crippen MR) is 93.5 cm³/mol. The van der Waals surface area contributed by atoms with Gasteiger partial charge in [0.25, 0.3) is 0 Å². The first-order chi connectivity index (χ1) is 12.3. The van der Waals surface area contributed by atoms with Crippen LogP contribution in [0.5, 0.6) is 0 Å². The van der Waals surface area contributed by atoms with Crippen molar-refractivity contribution in [2.45, 2.75) is 44.4 Å². The van der Waals surface area contributed by atoms with Gasteiger partial charge in [-0.05, 0) is 43.7 Å². The van der Waals surface area contributed by atoms with Crippen LogP contribution in [0.1, 0.15) is 50.3 Å². The van der Waals surface area contributed by atoms with Gasteiger partial charge in [0.2, 0.25) is 5.91 Å². The Morgan fingerprint density at radius 1 is 1.04 bits per heavy atom. The molecule has 0 unspecified atom stereocenters. The molecular formula is C18H24N6O. The highest BCUT2D eigenvalue weighted by Crippen LogP contribution is 2.38. The molecule has 2 aromatic rings. The number of rotatable bonds is 4. The Hall–Kier alpha value is -2.18. The van der Waals surface area contributed by atoms with Crippen molar-refractivity contribution >= 4 is 17.4 Å². The van der Waals surface area contributed by atoms with Gasteiger partial charge >= 0.3 is 0 Å². The van der Waals surface area contributed by atoms with Crippen molar-refractivity contribution in [1.29, 1.82) is 0 Å². The third-order valence-electron chi connectivity index (χ3n) is 5.81. The third-order valence-corrected chi connectivity index (χ3v) is 5.81. The first-order valence-electron chi connectivity index (χ1n) is 9.53. The van der Waals surface area contributed by atoms with Gasteiger partial charge in [-0.2, -0.15) is 4.52 Å². The summed E-state index contributed by atoms with van der Waals surface area (Å²) < 4.78 is 1.86. The van der Waals surface area contributed by atoms with Gasteiger partial charge in [-0.3, -0.25) is 4.79 Å². The Morgan fingerprint density at radius 2 is 1.88 bits per heavy atom. The molecule has 0 atom stereocenters. The fourth-order valence-electron chi connectivity index (χ4n) is 4.16. The van der Waals surface area contributed by atoms with Crippen LogP contribution in [-0.4, -0.2) is 56.8 Å². The number of carbonyl (C=O) groups excluding carboxylic acids is 1. The van der Waals surface area contributed by atoms with Crippen molar-refractivity contribution in [3.05, 3.63) is 18.0 Å². The van der Waals surface area contributed by atoms with Crippen molar-refractivity contribution in [3.63, 3.8) is 0 Å². The lowest BCUT2D eigenvalue weighted by Crippen LogP contribution is -2.51. The maximum Gasteiger partial charge on any atom is 0.242 e. The van der Waals surface area contributed by atoms with E-state index in [1.807, 2.05) is 16.6 Å². The van der Waals surface area contributed by atoms with Crippen LogP contribution in [0.15, 0.2) is 12.1 Å². The first kappa shape index (κ1) is 15.1. The standard InChI is InChI=1S/C18H24N6O/c25-17-12-22(9-10-23(17)11-13-3-1-2-4-13)16-8-7-15-19-20-18(14-5-6-14)24(15)21-16/h7-8,13-14H,1-6,9-12H2. The van der Waals surface area contributed by atoms with Gasteiger partial charge < -0.3 is 9.80 Å². The van der Waals surface area contributed by atoms with Gasteiger partial charge in [-0.1, -0.05) is 12.8 Å². The second-order valence-corrected chi connectivity index (χ2v) is 7.71. The highest BCUT2D eigenvalue weighted by molar-refractivity contribution is 5.82. The number of carbonyl (C=O) groups is 1. The molecule has 0 bridgehead atoms. The van der Waals surface area contributed by atoms with Gasteiger partial charge in [-0.25, -0.2) is 0 Å². The Morgan fingerprint density at radius 3 is 2.64 bits per heavy atom. The molecule has 25 heavy (non-hydrogen) atoms. The van der Waals surface area contributed by atoms with Crippen molar-refractivity contribution in [2.24, 2.45) is 5.92 Å². The number of anilines is 1. The van der Waals surface area contributed by atoms with E-state index in [1.54, 1.807) is 0 Å². The zero-order chi connectivity index (χ0) is 16.8. The molecule has 3 fully saturated rings. The summed E-state index contributed by atoms with van der Waals surface area (Å²) in [6.07, 6.45) is 7.55. The molecule has 3 aliphatic rings. The molecule has 2 aliphatic carbocycles. The molecule has 3 heterocycles. The van der Waals surface area contributed by atoms with E-state index in [0.29, 0.717) is 18.4 Å². The molecule has 0 aromatic carbocycles. The number of hydrogen-bond donors (Lipinski definition) is 0. The minimum absolute atomic E-state index is 0.228. The van der Waals surface area contributed by atoms with E-state index < -0.39 is 0 Å². The third kappa shape index (κ3) is 2.85. The van der Waals surface area contributed by atoms with E-state index in [-0.39, 0.29) is 5.91 Å². The fraction of sp³-hybridized carbons (Fsp3) is 0.667. The van der Waals surface area contributed by atoms with Crippen LogP contribution >= 0.6 is 0 Å². The summed E-state index contributed by atoms with van der Waals surface area (Å²) in [6.45, 7) is 3.01. The van der Waals surface area contributed by atoms with Crippen LogP contribution in [0.2, 0.25) is 0 Å². The van der Waals surface area contributed by atoms with Crippen LogP contribution in [0.4, 0.5) is 5.82 Å². The molecule has 1 saturated heterocycles. The second-order valence-electron chi connectivity index (χ2n) is 7.71. The van der Waals surface area contributed by atoms with Gasteiger partial charge in [-0.15, -0.1) is 15.3 Å². The van der Waals surface area contributed by atoms with Crippen molar-refractivity contribution < 1.29 is 4.79 Å². The number of aromatic nitrogens is 4. The van der Waals surface area contributed by atoms with Gasteiger partial charge in [0.1, 0.15) is 5.82 Å². The van der Waals surface area contributed by atoms with Gasteiger partial charge in [0.05, 0.1) is 6.54 Å². The van der Waals surface area contributed by atoms with E-state index in [0.717, 1.165) is 36.9 Å². The quantitative estimate of drug-likeness (QED) is 0.850. The van der Waals surface area contributed by atoms with E-state index in [2.05, 4.69) is 20.0 Å². The van der Waals surface area contributed by atoms with Crippen LogP contribution in [0.25, 0.3) is 5.65 Å². The molecule has 1 aliphatic heterocycles. The Balaban J connectivity index is 1.31. The minimum atomic E-state index is 0.228. The lowest BCUT2D eigenvalue weighted by molar-refractivity contribution is -0.131. The lowest BCUT2D eigenvalue weighted by Gasteiger charge is -2.36. The maximum atomic E-state index is 12.6. The zero-order valence-corrected chi connectivity index (χ0v) is 14.5. The molecular weight excluding hydrogens is 316 g/mol. The average Bonchev–Trinajstić information content (AvgIpc) is 3.17. The summed E-state index contributed by atoms with van der Waals surface area (Å²) in [6, 6.07) is 3.91. The van der Waals surface area contributed by atoms with Crippen molar-refractivity contribution in [3.8, 4) is 0 Å². The van der Waals surface area contributed by atoms with Crippen molar-refractivity contribution in [2.75, 3.05) is 31.1 Å². The van der Waals surface area contributed by atoms with Gasteiger partial charge in [0.15, 0.2) is 11.5 Å². The zero-order valence-electron chi connectivity index (χ0n) is 14.5. The summed E-state index contributed by atoms with van der Waals surface area (Å²) in [7, 11) is 0. The lowest BCUT2D eigenvalue weighted by atomic mass is 10.1. The first-order valence-corrected chi connectivity index (χ1v) is 9.53. The second kappa shape index (κ2) is 5.97. The largest absolute Gasteiger partial charge is 0.344 e. The summed E-state index contributed by atoms with van der Waals surface area (Å²) in [5.74, 6) is 3.25. The van der Waals surface area contributed by atoms with Crippen LogP contribution in [0, 0.1) is 5.92 Å². The van der Waals surface area contributed by atoms with Crippen LogP contribution in [0.3, 0.4) is 0 Å². The van der Waals surface area contributed by atoms with Crippen LogP contribution < -0.4 is 4.90 Å². The Kier molecular flexibility index (Phi) is 3.60. The Bertz CT molecular complexity index is 792. The topological polar surface area (TPSA) is 66.6 Å². The molecule has 5 rings (SSSR count). The predicted octanol–water partition coefficient (Wildman–Crippen LogP) is 1.84. The molecule has 7 heteroatoms. The number of amides is 1. The summed E-state index contributed by atoms with van der Waals surface area (Å²) in [5, 5.41) is 13.2. The molecule has 0 radical (unpaired) electrons. The summed E-state index contributed by atoms with van der Waals surface area (Å²) in [5.41, 5.74) is 0.789. The monoisotopic (exact) mass is 340 g/mol. The van der Waals surface area contributed by atoms with Crippen molar-refractivity contribution in [1.82, 2.24) is 24.7 Å². The molecule has 2 aromatic heterocycles. The molecule has 2 saturated carbocycles. The highest BCUT2D eigenvalue weighted by atomic mass is 16.2. The maximum absolute atomic E-state index is 12.6. The minimum Gasteiger partial charge on any atom is -0.344 e. The van der Waals surface area contributed by atoms with Gasteiger partial charge in [0, 0.05) is 25.6 Å². The fourth-order valence-corrected chi connectivity index (χ4v) is 4.16. The number of hydrogen-bond acceptors (Lipinski definition) is 5. The number of nitrogens with zero attached hydrogens (tertiary/aromatic N) is 6. The average molecular weight is 340 g/mol. The molecule has 132 valence electrons. The van der Waals surface area contributed by atoms with E-state index in [9.17, 15) is 4.79 Å². The normalized spacial score (nSPS) is 22.3. The summed E-state index contributed by atoms with van der Waals surface area (Å²) >= 11 is 0. The Labute approximate surface area is 147 Å². The van der Waals surface area contributed by atoms with Crippen LogP contribution in [-0.2, 0) is 4.79 Å². The number of piperazine rings is 1. The number of fused-ring (bicyclic) bond motifs is 1. The molecule has 0 N–H and O–H groups in total. The van der Waals surface area contributed by atoms with E-state index >= 15 is 0 Å². The summed E-state index contributed by atoms with van der Waals surface area (Å²) in [4.78, 5) is 16.7. The molecule has 7 nitrogen and oxygen atoms in total. The SMILES string of the molecule is O=C1CN(c2ccc3nnc(C4CC4)n3n2)CCN1CC1CCCC1.